The summed E-state index contributed by atoms with van der Waals surface area (Å²) in [5.41, 5.74) is 3.88. The van der Waals surface area contributed by atoms with Gasteiger partial charge in [-0.1, -0.05) is 23.8 Å². The van der Waals surface area contributed by atoms with Gasteiger partial charge in [0, 0.05) is 30.5 Å². The van der Waals surface area contributed by atoms with Crippen LogP contribution in [0, 0.1) is 6.92 Å². The van der Waals surface area contributed by atoms with Crippen molar-refractivity contribution in [3.05, 3.63) is 79.8 Å². The van der Waals surface area contributed by atoms with Crippen molar-refractivity contribution in [2.75, 3.05) is 6.54 Å². The minimum atomic E-state index is -0.548. The van der Waals surface area contributed by atoms with Gasteiger partial charge in [0.05, 0.1) is 6.54 Å². The lowest BCUT2D eigenvalue weighted by Gasteiger charge is -2.28. The van der Waals surface area contributed by atoms with E-state index in [1.54, 1.807) is 4.90 Å². The largest absolute Gasteiger partial charge is 0.340 e. The standard InChI is InChI=1S/C20H20N4O3/c1-12-4-3-5-13(10-12)16-6-7-17(23(16)2)19(26)24-9-8-14-15(11-24)21-20(27)22-18(14)25/h3-7,10H,8-9,11H2,1-2H3,(H2,21,22,25,27). The highest BCUT2D eigenvalue weighted by Gasteiger charge is 2.26. The van der Waals surface area contributed by atoms with Crippen LogP contribution < -0.4 is 11.2 Å². The van der Waals surface area contributed by atoms with Gasteiger partial charge >= 0.3 is 5.69 Å². The Morgan fingerprint density at radius 3 is 2.70 bits per heavy atom. The van der Waals surface area contributed by atoms with Gasteiger partial charge in [-0.05, 0) is 37.1 Å². The molecule has 4 rings (SSSR count). The first kappa shape index (κ1) is 17.1. The fraction of sp³-hybridized carbons (Fsp3) is 0.250. The maximum atomic E-state index is 13.0. The number of nitrogens with one attached hydrogen (secondary N) is 2. The molecule has 2 aromatic heterocycles. The molecule has 27 heavy (non-hydrogen) atoms. The molecule has 1 aromatic carbocycles. The Balaban J connectivity index is 1.64. The van der Waals surface area contributed by atoms with Crippen LogP contribution in [0.4, 0.5) is 0 Å². The molecule has 3 heterocycles. The van der Waals surface area contributed by atoms with Crippen LogP contribution in [0.5, 0.6) is 0 Å². The van der Waals surface area contributed by atoms with E-state index in [1.165, 1.54) is 0 Å². The molecule has 3 aromatic rings. The van der Waals surface area contributed by atoms with Crippen molar-refractivity contribution in [3.63, 3.8) is 0 Å². The highest BCUT2D eigenvalue weighted by atomic mass is 16.2. The van der Waals surface area contributed by atoms with Crippen LogP contribution in [0.25, 0.3) is 11.3 Å². The van der Waals surface area contributed by atoms with Gasteiger partial charge in [-0.3, -0.25) is 14.6 Å². The van der Waals surface area contributed by atoms with E-state index in [0.717, 1.165) is 16.8 Å². The maximum absolute atomic E-state index is 13.0. The lowest BCUT2D eigenvalue weighted by molar-refractivity contribution is 0.0721. The van der Waals surface area contributed by atoms with E-state index < -0.39 is 5.69 Å². The van der Waals surface area contributed by atoms with Crippen molar-refractivity contribution < 1.29 is 4.79 Å². The summed E-state index contributed by atoms with van der Waals surface area (Å²) in [6.07, 6.45) is 0.419. The third kappa shape index (κ3) is 3.01. The Bertz CT molecular complexity index is 1150. The third-order valence-electron chi connectivity index (χ3n) is 5.05. The number of H-pyrrole nitrogens is 2. The quantitative estimate of drug-likeness (QED) is 0.723. The van der Waals surface area contributed by atoms with E-state index in [2.05, 4.69) is 16.0 Å². The van der Waals surface area contributed by atoms with Crippen molar-refractivity contribution >= 4 is 5.91 Å². The van der Waals surface area contributed by atoms with Crippen molar-refractivity contribution in [2.24, 2.45) is 7.05 Å². The molecule has 0 atom stereocenters. The van der Waals surface area contributed by atoms with Gasteiger partial charge in [0.2, 0.25) is 0 Å². The third-order valence-corrected chi connectivity index (χ3v) is 5.05. The van der Waals surface area contributed by atoms with Crippen LogP contribution >= 0.6 is 0 Å². The average Bonchev–Trinajstić information content (AvgIpc) is 3.02. The fourth-order valence-electron chi connectivity index (χ4n) is 3.63. The molecular formula is C20H20N4O3. The Hall–Kier alpha value is -3.35. The highest BCUT2D eigenvalue weighted by molar-refractivity contribution is 5.94. The summed E-state index contributed by atoms with van der Waals surface area (Å²) >= 11 is 0. The summed E-state index contributed by atoms with van der Waals surface area (Å²) in [4.78, 5) is 43.0. The van der Waals surface area contributed by atoms with E-state index in [4.69, 9.17) is 0 Å². The molecule has 1 aliphatic rings. The van der Waals surface area contributed by atoms with Crippen LogP contribution in [0.1, 0.15) is 27.3 Å². The predicted molar refractivity (Wildman–Crippen MR) is 102 cm³/mol. The number of aromatic nitrogens is 3. The Morgan fingerprint density at radius 2 is 1.93 bits per heavy atom. The molecule has 0 spiro atoms. The first-order valence-corrected chi connectivity index (χ1v) is 8.80. The normalized spacial score (nSPS) is 13.5. The van der Waals surface area contributed by atoms with Crippen LogP contribution in [0.15, 0.2) is 46.0 Å². The minimum absolute atomic E-state index is 0.122. The fourth-order valence-corrected chi connectivity index (χ4v) is 3.63. The first-order chi connectivity index (χ1) is 12.9. The van der Waals surface area contributed by atoms with Gasteiger partial charge in [-0.2, -0.15) is 0 Å². The lowest BCUT2D eigenvalue weighted by Crippen LogP contribution is -2.41. The number of hydrogen-bond acceptors (Lipinski definition) is 3. The molecule has 0 saturated carbocycles. The second-order valence-electron chi connectivity index (χ2n) is 6.87. The van der Waals surface area contributed by atoms with Gasteiger partial charge in [0.15, 0.2) is 0 Å². The van der Waals surface area contributed by atoms with Crippen LogP contribution in [0.3, 0.4) is 0 Å². The van der Waals surface area contributed by atoms with Gasteiger partial charge < -0.3 is 14.5 Å². The molecule has 1 amide bonds. The number of hydrogen-bond donors (Lipinski definition) is 2. The topological polar surface area (TPSA) is 91.0 Å². The maximum Gasteiger partial charge on any atom is 0.325 e. The Morgan fingerprint density at radius 1 is 1.11 bits per heavy atom. The molecule has 0 radical (unpaired) electrons. The molecular weight excluding hydrogens is 344 g/mol. The van der Waals surface area contributed by atoms with E-state index in [9.17, 15) is 14.4 Å². The number of carbonyl (C=O) groups excluding carboxylic acids is 1. The van der Waals surface area contributed by atoms with Crippen molar-refractivity contribution in [1.82, 2.24) is 19.4 Å². The SMILES string of the molecule is Cc1cccc(-c2ccc(C(=O)N3CCc4c([nH]c(=O)[nH]c4=O)C3)n2C)c1. The molecule has 0 saturated heterocycles. The monoisotopic (exact) mass is 364 g/mol. The number of aryl methyl sites for hydroxylation is 1. The number of aromatic amines is 2. The van der Waals surface area contributed by atoms with E-state index in [-0.39, 0.29) is 18.0 Å². The molecule has 0 aliphatic carbocycles. The Kier molecular flexibility index (Phi) is 4.07. The summed E-state index contributed by atoms with van der Waals surface area (Å²) in [5.74, 6) is -0.122. The lowest BCUT2D eigenvalue weighted by atomic mass is 10.1. The summed E-state index contributed by atoms with van der Waals surface area (Å²) in [5, 5.41) is 0. The van der Waals surface area contributed by atoms with Gasteiger partial charge in [-0.15, -0.1) is 0 Å². The molecule has 7 heteroatoms. The first-order valence-electron chi connectivity index (χ1n) is 8.80. The number of rotatable bonds is 2. The summed E-state index contributed by atoms with van der Waals surface area (Å²) in [7, 11) is 1.87. The number of fused-ring (bicyclic) bond motifs is 1. The predicted octanol–water partition coefficient (Wildman–Crippen LogP) is 1.58. The zero-order valence-electron chi connectivity index (χ0n) is 15.2. The molecule has 7 nitrogen and oxygen atoms in total. The minimum Gasteiger partial charge on any atom is -0.340 e. The number of benzene rings is 1. The average molecular weight is 364 g/mol. The summed E-state index contributed by atoms with van der Waals surface area (Å²) in [6.45, 7) is 2.69. The van der Waals surface area contributed by atoms with E-state index in [1.807, 2.05) is 48.9 Å². The Labute approximate surface area is 155 Å². The second kappa shape index (κ2) is 6.42. The van der Waals surface area contributed by atoms with Crippen molar-refractivity contribution in [1.29, 1.82) is 0 Å². The van der Waals surface area contributed by atoms with E-state index >= 15 is 0 Å². The van der Waals surface area contributed by atoms with Crippen molar-refractivity contribution in [2.45, 2.75) is 19.9 Å². The number of nitrogens with zero attached hydrogens (tertiary/aromatic N) is 2. The molecule has 0 unspecified atom stereocenters. The number of amides is 1. The molecule has 0 bridgehead atoms. The molecule has 1 aliphatic heterocycles. The van der Waals surface area contributed by atoms with Crippen LogP contribution in [0.2, 0.25) is 0 Å². The van der Waals surface area contributed by atoms with Gasteiger partial charge in [-0.25, -0.2) is 4.79 Å². The van der Waals surface area contributed by atoms with Crippen LogP contribution in [-0.4, -0.2) is 31.9 Å². The van der Waals surface area contributed by atoms with Gasteiger partial charge in [0.25, 0.3) is 11.5 Å². The number of carbonyl (C=O) groups is 1. The second-order valence-corrected chi connectivity index (χ2v) is 6.87. The molecule has 138 valence electrons. The van der Waals surface area contributed by atoms with Crippen LogP contribution in [-0.2, 0) is 20.0 Å². The zero-order chi connectivity index (χ0) is 19.1. The highest BCUT2D eigenvalue weighted by Crippen LogP contribution is 2.24. The van der Waals surface area contributed by atoms with Gasteiger partial charge in [0.1, 0.15) is 5.69 Å². The molecule has 2 N–H and O–H groups in total. The smallest absolute Gasteiger partial charge is 0.325 e. The summed E-state index contributed by atoms with van der Waals surface area (Å²) in [6, 6.07) is 11.9. The van der Waals surface area contributed by atoms with E-state index in [0.29, 0.717) is 29.9 Å². The molecule has 0 fully saturated rings. The van der Waals surface area contributed by atoms with Crippen molar-refractivity contribution in [3.8, 4) is 11.3 Å². The summed E-state index contributed by atoms with van der Waals surface area (Å²) < 4.78 is 1.88. The zero-order valence-corrected chi connectivity index (χ0v) is 15.2.